The quantitative estimate of drug-likeness (QED) is 0.712. The SMILES string of the molecule is Nc1ccnc(C(=O)NCCCOCC2CC2)c1. The zero-order valence-electron chi connectivity index (χ0n) is 10.4. The first-order valence-electron chi connectivity index (χ1n) is 6.33. The molecule has 1 aromatic heterocycles. The Morgan fingerprint density at radius 2 is 2.39 bits per heavy atom. The Balaban J connectivity index is 1.59. The number of hydrogen-bond acceptors (Lipinski definition) is 4. The smallest absolute Gasteiger partial charge is 0.269 e. The van der Waals surface area contributed by atoms with Gasteiger partial charge in [0.1, 0.15) is 5.69 Å². The Morgan fingerprint density at radius 1 is 1.56 bits per heavy atom. The van der Waals surface area contributed by atoms with Gasteiger partial charge in [-0.2, -0.15) is 0 Å². The van der Waals surface area contributed by atoms with Crippen LogP contribution in [-0.2, 0) is 4.74 Å². The molecule has 1 saturated carbocycles. The summed E-state index contributed by atoms with van der Waals surface area (Å²) < 4.78 is 5.48. The van der Waals surface area contributed by atoms with E-state index in [-0.39, 0.29) is 5.91 Å². The molecule has 18 heavy (non-hydrogen) atoms. The summed E-state index contributed by atoms with van der Waals surface area (Å²) in [5, 5.41) is 2.79. The van der Waals surface area contributed by atoms with E-state index in [0.717, 1.165) is 18.9 Å². The Labute approximate surface area is 107 Å². The topological polar surface area (TPSA) is 77.2 Å². The van der Waals surface area contributed by atoms with Crippen molar-refractivity contribution in [3.63, 3.8) is 0 Å². The molecule has 0 bridgehead atoms. The van der Waals surface area contributed by atoms with Crippen molar-refractivity contribution in [3.05, 3.63) is 24.0 Å². The number of carbonyl (C=O) groups is 1. The fourth-order valence-electron chi connectivity index (χ4n) is 1.57. The van der Waals surface area contributed by atoms with Gasteiger partial charge in [-0.05, 0) is 37.3 Å². The van der Waals surface area contributed by atoms with Gasteiger partial charge in [-0.1, -0.05) is 0 Å². The van der Waals surface area contributed by atoms with Gasteiger partial charge in [0.25, 0.3) is 5.91 Å². The van der Waals surface area contributed by atoms with Crippen LogP contribution in [0.2, 0.25) is 0 Å². The van der Waals surface area contributed by atoms with Crippen molar-refractivity contribution in [2.24, 2.45) is 5.92 Å². The first-order valence-corrected chi connectivity index (χ1v) is 6.33. The van der Waals surface area contributed by atoms with E-state index in [9.17, 15) is 4.79 Å². The van der Waals surface area contributed by atoms with Gasteiger partial charge in [0, 0.05) is 31.6 Å². The first kappa shape index (κ1) is 12.8. The van der Waals surface area contributed by atoms with Crippen molar-refractivity contribution < 1.29 is 9.53 Å². The summed E-state index contributed by atoms with van der Waals surface area (Å²) in [5.41, 5.74) is 6.48. The third-order valence-electron chi connectivity index (χ3n) is 2.82. The fraction of sp³-hybridized carbons (Fsp3) is 0.538. The lowest BCUT2D eigenvalue weighted by Crippen LogP contribution is -2.26. The van der Waals surface area contributed by atoms with Crippen LogP contribution in [0.25, 0.3) is 0 Å². The molecule has 1 heterocycles. The highest BCUT2D eigenvalue weighted by Gasteiger charge is 2.20. The molecule has 0 atom stereocenters. The van der Waals surface area contributed by atoms with Crippen LogP contribution in [-0.4, -0.2) is 30.6 Å². The summed E-state index contributed by atoms with van der Waals surface area (Å²) in [6.45, 7) is 2.16. The van der Waals surface area contributed by atoms with E-state index < -0.39 is 0 Å². The lowest BCUT2D eigenvalue weighted by Gasteiger charge is -2.05. The maximum atomic E-state index is 11.7. The van der Waals surface area contributed by atoms with E-state index in [1.807, 2.05) is 0 Å². The molecule has 0 aromatic carbocycles. The molecule has 1 amide bonds. The number of carbonyl (C=O) groups excluding carboxylic acids is 1. The number of nitrogens with one attached hydrogen (secondary N) is 1. The number of pyridine rings is 1. The minimum atomic E-state index is -0.190. The van der Waals surface area contributed by atoms with E-state index in [1.165, 1.54) is 19.0 Å². The predicted molar refractivity (Wildman–Crippen MR) is 69.1 cm³/mol. The molecular weight excluding hydrogens is 230 g/mol. The third kappa shape index (κ3) is 4.33. The summed E-state index contributed by atoms with van der Waals surface area (Å²) in [4.78, 5) is 15.6. The van der Waals surface area contributed by atoms with Gasteiger partial charge in [-0.25, -0.2) is 0 Å². The van der Waals surface area contributed by atoms with Gasteiger partial charge in [0.2, 0.25) is 0 Å². The van der Waals surface area contributed by atoms with Crippen LogP contribution in [0.15, 0.2) is 18.3 Å². The molecule has 5 nitrogen and oxygen atoms in total. The normalized spacial score (nSPS) is 14.4. The zero-order chi connectivity index (χ0) is 12.8. The molecule has 1 aliphatic carbocycles. The van der Waals surface area contributed by atoms with Crippen molar-refractivity contribution in [1.82, 2.24) is 10.3 Å². The second-order valence-electron chi connectivity index (χ2n) is 4.60. The number of nitrogens with zero attached hydrogens (tertiary/aromatic N) is 1. The van der Waals surface area contributed by atoms with Gasteiger partial charge in [0.15, 0.2) is 0 Å². The van der Waals surface area contributed by atoms with Gasteiger partial charge in [-0.15, -0.1) is 0 Å². The Kier molecular flexibility index (Phi) is 4.52. The van der Waals surface area contributed by atoms with Gasteiger partial charge >= 0.3 is 0 Å². The number of ether oxygens (including phenoxy) is 1. The second-order valence-corrected chi connectivity index (χ2v) is 4.60. The van der Waals surface area contributed by atoms with E-state index in [1.54, 1.807) is 12.1 Å². The largest absolute Gasteiger partial charge is 0.399 e. The average molecular weight is 249 g/mol. The molecular formula is C13H19N3O2. The number of amides is 1. The highest BCUT2D eigenvalue weighted by Crippen LogP contribution is 2.28. The van der Waals surface area contributed by atoms with Crippen LogP contribution in [0.5, 0.6) is 0 Å². The van der Waals surface area contributed by atoms with E-state index >= 15 is 0 Å². The lowest BCUT2D eigenvalue weighted by molar-refractivity contribution is 0.0932. The number of nitrogens with two attached hydrogens (primary N) is 1. The van der Waals surface area contributed by atoms with Crippen molar-refractivity contribution in [3.8, 4) is 0 Å². The molecule has 0 spiro atoms. The standard InChI is InChI=1S/C13H19N3O2/c14-11-4-6-15-12(8-11)13(17)16-5-1-7-18-9-10-2-3-10/h4,6,8,10H,1-3,5,7,9H2,(H2,14,15)(H,16,17). The van der Waals surface area contributed by atoms with Crippen molar-refractivity contribution in [2.75, 3.05) is 25.5 Å². The molecule has 1 fully saturated rings. The maximum Gasteiger partial charge on any atom is 0.269 e. The summed E-state index contributed by atoms with van der Waals surface area (Å²) in [5.74, 6) is 0.598. The Morgan fingerprint density at radius 3 is 3.11 bits per heavy atom. The van der Waals surface area contributed by atoms with E-state index in [2.05, 4.69) is 10.3 Å². The summed E-state index contributed by atoms with van der Waals surface area (Å²) >= 11 is 0. The first-order chi connectivity index (χ1) is 8.75. The van der Waals surface area contributed by atoms with Crippen molar-refractivity contribution in [2.45, 2.75) is 19.3 Å². The van der Waals surface area contributed by atoms with Crippen LogP contribution in [0.4, 0.5) is 5.69 Å². The van der Waals surface area contributed by atoms with E-state index in [4.69, 9.17) is 10.5 Å². The molecule has 5 heteroatoms. The van der Waals surface area contributed by atoms with Crippen molar-refractivity contribution in [1.29, 1.82) is 0 Å². The predicted octanol–water partition coefficient (Wildman–Crippen LogP) is 1.21. The fourth-order valence-corrected chi connectivity index (χ4v) is 1.57. The minimum Gasteiger partial charge on any atom is -0.399 e. The number of aromatic nitrogens is 1. The van der Waals surface area contributed by atoms with Crippen LogP contribution < -0.4 is 11.1 Å². The monoisotopic (exact) mass is 249 g/mol. The molecule has 0 aliphatic heterocycles. The van der Waals surface area contributed by atoms with Crippen LogP contribution >= 0.6 is 0 Å². The minimum absolute atomic E-state index is 0.190. The zero-order valence-corrected chi connectivity index (χ0v) is 10.4. The van der Waals surface area contributed by atoms with E-state index in [0.29, 0.717) is 24.5 Å². The molecule has 1 aromatic rings. The van der Waals surface area contributed by atoms with Gasteiger partial charge in [0.05, 0.1) is 0 Å². The molecule has 0 saturated heterocycles. The number of rotatable bonds is 7. The molecule has 2 rings (SSSR count). The number of anilines is 1. The molecule has 0 unspecified atom stereocenters. The molecule has 1 aliphatic rings. The van der Waals surface area contributed by atoms with Crippen molar-refractivity contribution >= 4 is 11.6 Å². The highest BCUT2D eigenvalue weighted by molar-refractivity contribution is 5.92. The second kappa shape index (κ2) is 6.35. The maximum absolute atomic E-state index is 11.7. The highest BCUT2D eigenvalue weighted by atomic mass is 16.5. The number of nitrogen functional groups attached to an aromatic ring is 1. The summed E-state index contributed by atoms with van der Waals surface area (Å²) in [6, 6.07) is 3.22. The lowest BCUT2D eigenvalue weighted by atomic mass is 10.3. The van der Waals surface area contributed by atoms with Gasteiger partial charge < -0.3 is 15.8 Å². The molecule has 3 N–H and O–H groups in total. The van der Waals surface area contributed by atoms with Gasteiger partial charge in [-0.3, -0.25) is 9.78 Å². The number of hydrogen-bond donors (Lipinski definition) is 2. The van der Waals surface area contributed by atoms with Crippen LogP contribution in [0.1, 0.15) is 29.8 Å². The summed E-state index contributed by atoms with van der Waals surface area (Å²) in [6.07, 6.45) is 4.96. The molecule has 98 valence electrons. The van der Waals surface area contributed by atoms with Crippen LogP contribution in [0, 0.1) is 5.92 Å². The van der Waals surface area contributed by atoms with Crippen LogP contribution in [0.3, 0.4) is 0 Å². The third-order valence-corrected chi connectivity index (χ3v) is 2.82. The Hall–Kier alpha value is -1.62. The summed E-state index contributed by atoms with van der Waals surface area (Å²) in [7, 11) is 0. The molecule has 0 radical (unpaired) electrons. The average Bonchev–Trinajstić information content (AvgIpc) is 3.17. The Bertz CT molecular complexity index is 405.